The molecule has 1 heteroatoms. The van der Waals surface area contributed by atoms with Gasteiger partial charge in [-0.25, -0.2) is 0 Å². The van der Waals surface area contributed by atoms with Gasteiger partial charge in [0.2, 0.25) is 5.78 Å². The fourth-order valence-electron chi connectivity index (χ4n) is 2.99. The van der Waals surface area contributed by atoms with E-state index in [2.05, 4.69) is 25.7 Å². The van der Waals surface area contributed by atoms with E-state index in [1.807, 2.05) is 0 Å². The summed E-state index contributed by atoms with van der Waals surface area (Å²) in [5, 5.41) is 0. The zero-order valence-corrected chi connectivity index (χ0v) is 16.6. The molecule has 0 amide bonds. The molecule has 0 unspecified atom stereocenters. The van der Waals surface area contributed by atoms with Crippen molar-refractivity contribution in [1.82, 2.24) is 0 Å². The minimum absolute atomic E-state index is 0.148. The second-order valence-corrected chi connectivity index (χ2v) is 7.17. The minimum Gasteiger partial charge on any atom is -0.285 e. The number of ketones is 1. The Morgan fingerprint density at radius 1 is 0.583 bits per heavy atom. The molecule has 0 saturated heterocycles. The predicted molar refractivity (Wildman–Crippen MR) is 107 cm³/mol. The van der Waals surface area contributed by atoms with Crippen LogP contribution in [-0.2, 0) is 4.79 Å². The quantitative estimate of drug-likeness (QED) is 0.152. The highest BCUT2D eigenvalue weighted by Crippen LogP contribution is 2.12. The van der Waals surface area contributed by atoms with E-state index < -0.39 is 0 Å². The Balaban J connectivity index is 3.20. The highest BCUT2D eigenvalue weighted by molar-refractivity contribution is 5.95. The van der Waals surface area contributed by atoms with Crippen molar-refractivity contribution in [1.29, 1.82) is 0 Å². The average Bonchev–Trinajstić information content (AvgIpc) is 2.59. The normalized spacial score (nSPS) is 10.4. The number of hydrogen-bond acceptors (Lipinski definition) is 1. The lowest BCUT2D eigenvalue weighted by Gasteiger charge is -2.02. The molecule has 0 heterocycles. The monoisotopic (exact) mass is 334 g/mol. The average molecular weight is 335 g/mol. The molecule has 0 bridgehead atoms. The van der Waals surface area contributed by atoms with E-state index in [4.69, 9.17) is 0 Å². The van der Waals surface area contributed by atoms with E-state index in [0.717, 1.165) is 19.3 Å². The van der Waals surface area contributed by atoms with Crippen LogP contribution in [0.1, 0.15) is 129 Å². The van der Waals surface area contributed by atoms with Gasteiger partial charge < -0.3 is 0 Å². The van der Waals surface area contributed by atoms with Crippen molar-refractivity contribution in [2.75, 3.05) is 0 Å². The van der Waals surface area contributed by atoms with Gasteiger partial charge in [0.15, 0.2) is 0 Å². The van der Waals surface area contributed by atoms with Gasteiger partial charge in [0.05, 0.1) is 0 Å². The maximum atomic E-state index is 11.6. The first-order valence-corrected chi connectivity index (χ1v) is 10.8. The highest BCUT2D eigenvalue weighted by Gasteiger charge is 1.97. The van der Waals surface area contributed by atoms with Crippen molar-refractivity contribution in [3.63, 3.8) is 0 Å². The third-order valence-electron chi connectivity index (χ3n) is 4.64. The van der Waals surface area contributed by atoms with Gasteiger partial charge in [0.1, 0.15) is 0 Å². The van der Waals surface area contributed by atoms with Crippen LogP contribution in [0.25, 0.3) is 0 Å². The summed E-state index contributed by atoms with van der Waals surface area (Å²) in [6.07, 6.45) is 22.6. The van der Waals surface area contributed by atoms with Crippen molar-refractivity contribution in [2.45, 2.75) is 129 Å². The van der Waals surface area contributed by atoms with E-state index in [0.29, 0.717) is 6.42 Å². The van der Waals surface area contributed by atoms with Crippen molar-refractivity contribution in [3.8, 4) is 11.8 Å². The zero-order valence-electron chi connectivity index (χ0n) is 16.6. The standard InChI is InChI=1S/C23H42O/c1-3-5-7-9-10-11-12-13-14-15-16-18-20-22-23(24)21-19-17-8-6-4-2/h3-18,20,22H2,1-2H3. The summed E-state index contributed by atoms with van der Waals surface area (Å²) in [7, 11) is 0. The van der Waals surface area contributed by atoms with Crippen molar-refractivity contribution in [2.24, 2.45) is 0 Å². The van der Waals surface area contributed by atoms with Gasteiger partial charge in [0, 0.05) is 12.8 Å². The summed E-state index contributed by atoms with van der Waals surface area (Å²) >= 11 is 0. The molecule has 0 aliphatic rings. The van der Waals surface area contributed by atoms with Gasteiger partial charge in [0.25, 0.3) is 0 Å². The van der Waals surface area contributed by atoms with Crippen LogP contribution < -0.4 is 0 Å². The number of rotatable bonds is 17. The van der Waals surface area contributed by atoms with Crippen LogP contribution in [0, 0.1) is 11.8 Å². The second kappa shape index (κ2) is 20.3. The first-order valence-electron chi connectivity index (χ1n) is 10.8. The van der Waals surface area contributed by atoms with E-state index in [1.165, 1.54) is 89.9 Å². The molecule has 0 aromatic rings. The molecule has 0 aromatic carbocycles. The van der Waals surface area contributed by atoms with Crippen LogP contribution in [0.2, 0.25) is 0 Å². The first-order chi connectivity index (χ1) is 11.8. The van der Waals surface area contributed by atoms with Crippen LogP contribution in [0.15, 0.2) is 0 Å². The number of carbonyl (C=O) groups is 1. The molecule has 0 spiro atoms. The van der Waals surface area contributed by atoms with Crippen LogP contribution in [-0.4, -0.2) is 5.78 Å². The molecular weight excluding hydrogens is 292 g/mol. The Kier molecular flexibility index (Phi) is 19.6. The van der Waals surface area contributed by atoms with Crippen LogP contribution >= 0.6 is 0 Å². The van der Waals surface area contributed by atoms with E-state index in [-0.39, 0.29) is 5.78 Å². The largest absolute Gasteiger partial charge is 0.285 e. The van der Waals surface area contributed by atoms with Gasteiger partial charge in [-0.3, -0.25) is 4.79 Å². The summed E-state index contributed by atoms with van der Waals surface area (Å²) in [6.45, 7) is 4.46. The number of carbonyl (C=O) groups excluding carboxylic acids is 1. The smallest absolute Gasteiger partial charge is 0.205 e. The summed E-state index contributed by atoms with van der Waals surface area (Å²) in [4.78, 5) is 11.6. The molecule has 0 fully saturated rings. The lowest BCUT2D eigenvalue weighted by atomic mass is 10.0. The topological polar surface area (TPSA) is 17.1 Å². The maximum Gasteiger partial charge on any atom is 0.205 e. The van der Waals surface area contributed by atoms with Gasteiger partial charge in [-0.05, 0) is 18.8 Å². The number of unbranched alkanes of at least 4 members (excludes halogenated alkanes) is 15. The molecule has 1 nitrogen and oxygen atoms in total. The number of Topliss-reactive ketones (excluding diaryl/α,β-unsaturated/α-hetero) is 1. The molecule has 0 aliphatic carbocycles. The summed E-state index contributed by atoms with van der Waals surface area (Å²) in [5.74, 6) is 5.96. The molecular formula is C23H42O. The molecule has 140 valence electrons. The third-order valence-corrected chi connectivity index (χ3v) is 4.64. The lowest BCUT2D eigenvalue weighted by Crippen LogP contribution is -1.93. The molecule has 0 aromatic heterocycles. The fourth-order valence-corrected chi connectivity index (χ4v) is 2.99. The molecule has 0 radical (unpaired) electrons. The zero-order chi connectivity index (χ0) is 17.7. The Hall–Kier alpha value is -0.770. The van der Waals surface area contributed by atoms with Crippen molar-refractivity contribution < 1.29 is 4.79 Å². The third kappa shape index (κ3) is 19.3. The first kappa shape index (κ1) is 23.2. The second-order valence-electron chi connectivity index (χ2n) is 7.17. The molecule has 0 N–H and O–H groups in total. The fraction of sp³-hybridized carbons (Fsp3) is 0.870. The molecule has 24 heavy (non-hydrogen) atoms. The Labute approximate surface area is 152 Å². The SMILES string of the molecule is CCCCCC#CC(=O)CCCCCCCCCCCCCCC. The molecule has 0 saturated carbocycles. The Bertz CT molecular complexity index is 321. The maximum absolute atomic E-state index is 11.6. The van der Waals surface area contributed by atoms with Gasteiger partial charge in [-0.15, -0.1) is 0 Å². The molecule has 0 atom stereocenters. The molecule has 0 aliphatic heterocycles. The summed E-state index contributed by atoms with van der Waals surface area (Å²) in [6, 6.07) is 0. The van der Waals surface area contributed by atoms with E-state index in [9.17, 15) is 4.79 Å². The van der Waals surface area contributed by atoms with E-state index in [1.54, 1.807) is 0 Å². The van der Waals surface area contributed by atoms with Crippen molar-refractivity contribution >= 4 is 5.78 Å². The van der Waals surface area contributed by atoms with Crippen LogP contribution in [0.5, 0.6) is 0 Å². The van der Waals surface area contributed by atoms with Crippen molar-refractivity contribution in [3.05, 3.63) is 0 Å². The predicted octanol–water partition coefficient (Wildman–Crippen LogP) is 7.62. The molecule has 0 rings (SSSR count). The van der Waals surface area contributed by atoms with Crippen LogP contribution in [0.4, 0.5) is 0 Å². The summed E-state index contributed by atoms with van der Waals surface area (Å²) < 4.78 is 0. The minimum atomic E-state index is 0.148. The lowest BCUT2D eigenvalue weighted by molar-refractivity contribution is -0.113. The highest BCUT2D eigenvalue weighted by atomic mass is 16.1. The van der Waals surface area contributed by atoms with Gasteiger partial charge in [-0.2, -0.15) is 0 Å². The van der Waals surface area contributed by atoms with E-state index >= 15 is 0 Å². The Morgan fingerprint density at radius 2 is 1.00 bits per heavy atom. The number of hydrogen-bond donors (Lipinski definition) is 0. The Morgan fingerprint density at radius 3 is 1.50 bits per heavy atom. The summed E-state index contributed by atoms with van der Waals surface area (Å²) in [5.41, 5.74) is 0. The van der Waals surface area contributed by atoms with Gasteiger partial charge >= 0.3 is 0 Å². The van der Waals surface area contributed by atoms with Crippen LogP contribution in [0.3, 0.4) is 0 Å². The van der Waals surface area contributed by atoms with Gasteiger partial charge in [-0.1, -0.05) is 110 Å².